The zero-order chi connectivity index (χ0) is 18.0. The maximum Gasteiger partial charge on any atom is 0.272 e. The Kier molecular flexibility index (Phi) is 4.76. The van der Waals surface area contributed by atoms with E-state index in [4.69, 9.17) is 0 Å². The summed E-state index contributed by atoms with van der Waals surface area (Å²) in [5.74, 6) is -0.108. The first-order chi connectivity index (χ1) is 11.8. The number of hydrogen-bond acceptors (Lipinski definition) is 5. The van der Waals surface area contributed by atoms with Crippen LogP contribution >= 0.6 is 0 Å². The minimum absolute atomic E-state index is 0.0244. The van der Waals surface area contributed by atoms with Gasteiger partial charge >= 0.3 is 0 Å². The fraction of sp³-hybridized carbons (Fsp3) is 0.333. The van der Waals surface area contributed by atoms with Gasteiger partial charge in [0.2, 0.25) is 0 Å². The van der Waals surface area contributed by atoms with Crippen LogP contribution in [0.25, 0.3) is 0 Å². The molecular weight excluding hydrogens is 338 g/mol. The van der Waals surface area contributed by atoms with Crippen LogP contribution in [0.15, 0.2) is 42.6 Å². The second-order valence-electron chi connectivity index (χ2n) is 6.39. The van der Waals surface area contributed by atoms with Gasteiger partial charge in [0.1, 0.15) is 5.69 Å². The lowest BCUT2D eigenvalue weighted by Gasteiger charge is -2.23. The van der Waals surface area contributed by atoms with Gasteiger partial charge in [-0.1, -0.05) is 17.7 Å². The number of aromatic nitrogens is 1. The van der Waals surface area contributed by atoms with E-state index < -0.39 is 9.84 Å². The van der Waals surface area contributed by atoms with E-state index in [1.54, 1.807) is 25.4 Å². The van der Waals surface area contributed by atoms with E-state index in [0.29, 0.717) is 12.1 Å². The Hall–Kier alpha value is -2.41. The molecule has 0 radical (unpaired) electrons. The number of nitrogens with one attached hydrogen (secondary N) is 1. The van der Waals surface area contributed by atoms with Gasteiger partial charge in [-0.25, -0.2) is 8.42 Å². The molecule has 6 nitrogen and oxygen atoms in total. The molecule has 0 saturated carbocycles. The van der Waals surface area contributed by atoms with E-state index in [1.165, 1.54) is 10.5 Å². The normalized spacial score (nSPS) is 18.7. The van der Waals surface area contributed by atoms with Gasteiger partial charge < -0.3 is 10.2 Å². The van der Waals surface area contributed by atoms with Gasteiger partial charge in [0, 0.05) is 30.7 Å². The first-order valence-electron chi connectivity index (χ1n) is 8.11. The van der Waals surface area contributed by atoms with Crippen molar-refractivity contribution in [2.45, 2.75) is 19.4 Å². The first-order valence-corrected chi connectivity index (χ1v) is 9.93. The predicted octanol–water partition coefficient (Wildman–Crippen LogP) is 2.39. The molecule has 1 aromatic heterocycles. The largest absolute Gasteiger partial charge is 0.355 e. The number of rotatable bonds is 4. The number of carbonyl (C=O) groups is 1. The molecule has 25 heavy (non-hydrogen) atoms. The minimum Gasteiger partial charge on any atom is -0.355 e. The molecule has 132 valence electrons. The topological polar surface area (TPSA) is 79.4 Å². The lowest BCUT2D eigenvalue weighted by atomic mass is 10.2. The molecule has 1 atom stereocenters. The van der Waals surface area contributed by atoms with Crippen LogP contribution in [0.2, 0.25) is 0 Å². The van der Waals surface area contributed by atoms with Crippen molar-refractivity contribution in [3.63, 3.8) is 0 Å². The zero-order valence-electron chi connectivity index (χ0n) is 14.3. The molecule has 1 amide bonds. The molecule has 1 aromatic carbocycles. The summed E-state index contributed by atoms with van der Waals surface area (Å²) in [6.07, 6.45) is 2.05. The number of carbonyl (C=O) groups excluding carboxylic acids is 1. The molecule has 1 unspecified atom stereocenters. The third kappa shape index (κ3) is 4.17. The standard InChI is InChI=1S/C18H21N3O3S/c1-13-3-5-14(6-4-13)20-15-7-9-19-17(11-15)18(22)21(2)16-8-10-25(23,24)12-16/h3-7,9,11,16H,8,10,12H2,1-2H3,(H,19,20). The van der Waals surface area contributed by atoms with E-state index in [1.807, 2.05) is 31.2 Å². The lowest BCUT2D eigenvalue weighted by molar-refractivity contribution is 0.0742. The summed E-state index contributed by atoms with van der Waals surface area (Å²) in [7, 11) is -1.40. The molecule has 1 saturated heterocycles. The van der Waals surface area contributed by atoms with Crippen molar-refractivity contribution in [1.82, 2.24) is 9.88 Å². The van der Waals surface area contributed by atoms with Crippen molar-refractivity contribution in [2.75, 3.05) is 23.9 Å². The fourth-order valence-electron chi connectivity index (χ4n) is 2.86. The minimum atomic E-state index is -3.04. The quantitative estimate of drug-likeness (QED) is 0.907. The van der Waals surface area contributed by atoms with Crippen LogP contribution in [0, 0.1) is 6.92 Å². The Balaban J connectivity index is 1.74. The number of sulfone groups is 1. The highest BCUT2D eigenvalue weighted by Crippen LogP contribution is 2.20. The molecule has 3 rings (SSSR count). The van der Waals surface area contributed by atoms with E-state index in [0.717, 1.165) is 11.4 Å². The lowest BCUT2D eigenvalue weighted by Crippen LogP contribution is -2.38. The second-order valence-corrected chi connectivity index (χ2v) is 8.62. The molecule has 1 fully saturated rings. The molecule has 0 aliphatic carbocycles. The Morgan fingerprint density at radius 1 is 1.20 bits per heavy atom. The van der Waals surface area contributed by atoms with Gasteiger partial charge in [-0.2, -0.15) is 0 Å². The number of anilines is 2. The van der Waals surface area contributed by atoms with Gasteiger partial charge in [-0.15, -0.1) is 0 Å². The summed E-state index contributed by atoms with van der Waals surface area (Å²) in [6, 6.07) is 11.1. The van der Waals surface area contributed by atoms with Crippen LogP contribution in [0.3, 0.4) is 0 Å². The maximum absolute atomic E-state index is 12.6. The van der Waals surface area contributed by atoms with E-state index in [9.17, 15) is 13.2 Å². The van der Waals surface area contributed by atoms with Crippen molar-refractivity contribution in [2.24, 2.45) is 0 Å². The number of nitrogens with zero attached hydrogens (tertiary/aromatic N) is 2. The van der Waals surface area contributed by atoms with Gasteiger partial charge in [-0.3, -0.25) is 9.78 Å². The molecule has 1 aliphatic rings. The van der Waals surface area contributed by atoms with Gasteiger partial charge in [0.05, 0.1) is 11.5 Å². The highest BCUT2D eigenvalue weighted by atomic mass is 32.2. The third-order valence-corrected chi connectivity index (χ3v) is 6.15. The number of aryl methyl sites for hydroxylation is 1. The monoisotopic (exact) mass is 359 g/mol. The van der Waals surface area contributed by atoms with Crippen molar-refractivity contribution in [3.05, 3.63) is 53.9 Å². The summed E-state index contributed by atoms with van der Waals surface area (Å²) in [5.41, 5.74) is 3.15. The highest BCUT2D eigenvalue weighted by molar-refractivity contribution is 7.91. The molecule has 0 spiro atoms. The van der Waals surface area contributed by atoms with E-state index >= 15 is 0 Å². The molecule has 1 aliphatic heterocycles. The Morgan fingerprint density at radius 2 is 1.92 bits per heavy atom. The highest BCUT2D eigenvalue weighted by Gasteiger charge is 2.33. The van der Waals surface area contributed by atoms with Crippen molar-refractivity contribution in [3.8, 4) is 0 Å². The fourth-order valence-corrected chi connectivity index (χ4v) is 4.63. The number of benzene rings is 1. The second kappa shape index (κ2) is 6.84. The van der Waals surface area contributed by atoms with Crippen LogP contribution in [0.5, 0.6) is 0 Å². The predicted molar refractivity (Wildman–Crippen MR) is 97.9 cm³/mol. The summed E-state index contributed by atoms with van der Waals surface area (Å²) < 4.78 is 23.2. The molecule has 0 bridgehead atoms. The zero-order valence-corrected chi connectivity index (χ0v) is 15.1. The number of pyridine rings is 1. The Morgan fingerprint density at radius 3 is 2.56 bits per heavy atom. The first kappa shape index (κ1) is 17.4. The molecule has 2 aromatic rings. The van der Waals surface area contributed by atoms with Crippen molar-refractivity contribution < 1.29 is 13.2 Å². The smallest absolute Gasteiger partial charge is 0.272 e. The third-order valence-electron chi connectivity index (χ3n) is 4.40. The number of hydrogen-bond donors (Lipinski definition) is 1. The van der Waals surface area contributed by atoms with Gasteiger partial charge in [0.15, 0.2) is 9.84 Å². The van der Waals surface area contributed by atoms with Crippen LogP contribution in [0.1, 0.15) is 22.5 Å². The van der Waals surface area contributed by atoms with Crippen LogP contribution in [-0.2, 0) is 9.84 Å². The summed E-state index contributed by atoms with van der Waals surface area (Å²) in [4.78, 5) is 18.3. The average molecular weight is 359 g/mol. The van der Waals surface area contributed by atoms with Crippen LogP contribution in [0.4, 0.5) is 11.4 Å². The Labute approximate surface area is 147 Å². The van der Waals surface area contributed by atoms with E-state index in [2.05, 4.69) is 10.3 Å². The average Bonchev–Trinajstić information content (AvgIpc) is 2.96. The van der Waals surface area contributed by atoms with Crippen molar-refractivity contribution >= 4 is 27.1 Å². The summed E-state index contributed by atoms with van der Waals surface area (Å²) in [6.45, 7) is 2.02. The summed E-state index contributed by atoms with van der Waals surface area (Å²) >= 11 is 0. The van der Waals surface area contributed by atoms with Gasteiger partial charge in [0.25, 0.3) is 5.91 Å². The van der Waals surface area contributed by atoms with E-state index in [-0.39, 0.29) is 23.5 Å². The maximum atomic E-state index is 12.6. The summed E-state index contributed by atoms with van der Waals surface area (Å²) in [5, 5.41) is 3.24. The molecule has 1 N–H and O–H groups in total. The van der Waals surface area contributed by atoms with Crippen LogP contribution < -0.4 is 5.32 Å². The Bertz CT molecular complexity index is 879. The molecule has 7 heteroatoms. The number of amides is 1. The SMILES string of the molecule is Cc1ccc(Nc2ccnc(C(=O)N(C)C3CCS(=O)(=O)C3)c2)cc1. The van der Waals surface area contributed by atoms with Crippen LogP contribution in [-0.4, -0.2) is 48.8 Å². The molecule has 2 heterocycles. The molecular formula is C18H21N3O3S. The van der Waals surface area contributed by atoms with Gasteiger partial charge in [-0.05, 0) is 37.6 Å². The van der Waals surface area contributed by atoms with Crippen molar-refractivity contribution in [1.29, 1.82) is 0 Å².